The molecule has 0 spiro atoms. The van der Waals surface area contributed by atoms with E-state index in [-0.39, 0.29) is 18.9 Å². The van der Waals surface area contributed by atoms with Gasteiger partial charge in [0.25, 0.3) is 0 Å². The summed E-state index contributed by atoms with van der Waals surface area (Å²) in [4.78, 5) is 13.4. The first-order valence-electron chi connectivity index (χ1n) is 7.35. The highest BCUT2D eigenvalue weighted by Crippen LogP contribution is 2.49. The lowest BCUT2D eigenvalue weighted by molar-refractivity contribution is -0.168. The summed E-state index contributed by atoms with van der Waals surface area (Å²) in [7, 11) is 0. The molecule has 2 rings (SSSR count). The van der Waals surface area contributed by atoms with Gasteiger partial charge >= 0.3 is 12.3 Å². The standard InChI is InChI=1S/C14H23F3N2O2/c1-12(2,3)21-11(20)19-8-4-10(5-9-19)18-13(6-7-13)14(15,16)17/h10,18H,4-9H2,1-3H3. The van der Waals surface area contributed by atoms with E-state index < -0.39 is 23.4 Å². The van der Waals surface area contributed by atoms with Crippen LogP contribution < -0.4 is 5.32 Å². The van der Waals surface area contributed by atoms with E-state index in [9.17, 15) is 18.0 Å². The van der Waals surface area contributed by atoms with Crippen LogP contribution in [0.3, 0.4) is 0 Å². The number of carbonyl (C=O) groups is 1. The molecule has 1 aliphatic carbocycles. The third kappa shape index (κ3) is 4.02. The molecule has 1 amide bonds. The third-order valence-electron chi connectivity index (χ3n) is 3.92. The van der Waals surface area contributed by atoms with Gasteiger partial charge in [-0.15, -0.1) is 0 Å². The average molecular weight is 308 g/mol. The predicted molar refractivity (Wildman–Crippen MR) is 72.0 cm³/mol. The minimum Gasteiger partial charge on any atom is -0.444 e. The Morgan fingerprint density at radius 2 is 1.71 bits per heavy atom. The van der Waals surface area contributed by atoms with Gasteiger partial charge in [0, 0.05) is 19.1 Å². The number of rotatable bonds is 2. The van der Waals surface area contributed by atoms with E-state index >= 15 is 0 Å². The molecular formula is C14H23F3N2O2. The molecule has 2 aliphatic rings. The van der Waals surface area contributed by atoms with Gasteiger partial charge in [0.05, 0.1) is 0 Å². The first kappa shape index (κ1) is 16.4. The van der Waals surface area contributed by atoms with Crippen molar-refractivity contribution in [3.8, 4) is 0 Å². The SMILES string of the molecule is CC(C)(C)OC(=O)N1CCC(NC2(C(F)(F)F)CC2)CC1. The molecule has 122 valence electrons. The highest BCUT2D eigenvalue weighted by atomic mass is 19.4. The average Bonchev–Trinajstić information content (AvgIpc) is 3.08. The van der Waals surface area contributed by atoms with Crippen LogP contribution in [0.4, 0.5) is 18.0 Å². The fourth-order valence-corrected chi connectivity index (χ4v) is 2.56. The number of nitrogens with zero attached hydrogens (tertiary/aromatic N) is 1. The van der Waals surface area contributed by atoms with Crippen LogP contribution >= 0.6 is 0 Å². The van der Waals surface area contributed by atoms with E-state index in [1.807, 2.05) is 0 Å². The summed E-state index contributed by atoms with van der Waals surface area (Å²) in [6.07, 6.45) is -3.22. The molecule has 0 unspecified atom stereocenters. The molecule has 1 saturated heterocycles. The molecule has 1 heterocycles. The van der Waals surface area contributed by atoms with E-state index in [0.717, 1.165) is 0 Å². The normalized spacial score (nSPS) is 23.0. The molecule has 0 bridgehead atoms. The zero-order valence-corrected chi connectivity index (χ0v) is 12.7. The van der Waals surface area contributed by atoms with Gasteiger partial charge < -0.3 is 15.0 Å². The lowest BCUT2D eigenvalue weighted by Crippen LogP contribution is -2.54. The smallest absolute Gasteiger partial charge is 0.410 e. The van der Waals surface area contributed by atoms with Crippen molar-refractivity contribution < 1.29 is 22.7 Å². The number of piperidine rings is 1. The van der Waals surface area contributed by atoms with E-state index in [0.29, 0.717) is 25.9 Å². The van der Waals surface area contributed by atoms with Gasteiger partial charge in [0.1, 0.15) is 11.1 Å². The molecule has 1 N–H and O–H groups in total. The van der Waals surface area contributed by atoms with Crippen LogP contribution in [0.5, 0.6) is 0 Å². The number of amides is 1. The van der Waals surface area contributed by atoms with Crippen LogP contribution in [0.25, 0.3) is 0 Å². The molecule has 0 aromatic heterocycles. The van der Waals surface area contributed by atoms with Crippen LogP contribution in [0.15, 0.2) is 0 Å². The second kappa shape index (κ2) is 5.34. The Bertz CT molecular complexity index is 392. The molecular weight excluding hydrogens is 285 g/mol. The van der Waals surface area contributed by atoms with Crippen molar-refractivity contribution in [3.63, 3.8) is 0 Å². The molecule has 1 aliphatic heterocycles. The summed E-state index contributed by atoms with van der Waals surface area (Å²) < 4.78 is 44.0. The Morgan fingerprint density at radius 1 is 1.19 bits per heavy atom. The van der Waals surface area contributed by atoms with E-state index in [1.54, 1.807) is 25.7 Å². The number of alkyl halides is 3. The minimum absolute atomic E-state index is 0.156. The van der Waals surface area contributed by atoms with Gasteiger partial charge in [0.15, 0.2) is 0 Å². The van der Waals surface area contributed by atoms with Crippen LogP contribution in [-0.4, -0.2) is 47.4 Å². The number of carbonyl (C=O) groups excluding carboxylic acids is 1. The Hall–Kier alpha value is -0.980. The quantitative estimate of drug-likeness (QED) is 0.852. The second-order valence-corrected chi connectivity index (χ2v) is 6.97. The molecule has 0 aromatic rings. The van der Waals surface area contributed by atoms with Gasteiger partial charge in [-0.25, -0.2) is 4.79 Å². The highest BCUT2D eigenvalue weighted by molar-refractivity contribution is 5.68. The summed E-state index contributed by atoms with van der Waals surface area (Å²) in [6, 6.07) is -0.187. The molecule has 0 aromatic carbocycles. The Kier molecular flexibility index (Phi) is 4.17. The van der Waals surface area contributed by atoms with Crippen molar-refractivity contribution in [1.29, 1.82) is 0 Å². The third-order valence-corrected chi connectivity index (χ3v) is 3.92. The monoisotopic (exact) mass is 308 g/mol. The summed E-state index contributed by atoms with van der Waals surface area (Å²) >= 11 is 0. The van der Waals surface area contributed by atoms with Crippen molar-refractivity contribution in [2.45, 2.75) is 69.8 Å². The zero-order chi connectivity index (χ0) is 15.9. The van der Waals surface area contributed by atoms with Crippen LogP contribution in [0.1, 0.15) is 46.5 Å². The number of ether oxygens (including phenoxy) is 1. The molecule has 7 heteroatoms. The lowest BCUT2D eigenvalue weighted by Gasteiger charge is -2.36. The summed E-state index contributed by atoms with van der Waals surface area (Å²) in [5.41, 5.74) is -2.23. The van der Waals surface area contributed by atoms with Crippen molar-refractivity contribution in [3.05, 3.63) is 0 Å². The number of nitrogens with one attached hydrogen (secondary N) is 1. The van der Waals surface area contributed by atoms with Gasteiger partial charge in [-0.05, 0) is 46.5 Å². The van der Waals surface area contributed by atoms with Crippen molar-refractivity contribution in [2.75, 3.05) is 13.1 Å². The number of hydrogen-bond acceptors (Lipinski definition) is 3. The number of likely N-dealkylation sites (tertiary alicyclic amines) is 1. The molecule has 21 heavy (non-hydrogen) atoms. The summed E-state index contributed by atoms with van der Waals surface area (Å²) in [5.74, 6) is 0. The molecule has 1 saturated carbocycles. The van der Waals surface area contributed by atoms with Crippen LogP contribution in [0.2, 0.25) is 0 Å². The zero-order valence-electron chi connectivity index (χ0n) is 12.7. The fourth-order valence-electron chi connectivity index (χ4n) is 2.56. The van der Waals surface area contributed by atoms with Gasteiger partial charge in [-0.2, -0.15) is 13.2 Å². The summed E-state index contributed by atoms with van der Waals surface area (Å²) in [5, 5.41) is 2.75. The van der Waals surface area contributed by atoms with Gasteiger partial charge in [0.2, 0.25) is 0 Å². The molecule has 4 nitrogen and oxygen atoms in total. The van der Waals surface area contributed by atoms with Crippen molar-refractivity contribution >= 4 is 6.09 Å². The van der Waals surface area contributed by atoms with Crippen molar-refractivity contribution in [2.24, 2.45) is 0 Å². The lowest BCUT2D eigenvalue weighted by atomic mass is 10.0. The Labute approximate surface area is 123 Å². The first-order valence-corrected chi connectivity index (χ1v) is 7.35. The largest absolute Gasteiger partial charge is 0.444 e. The Balaban J connectivity index is 1.80. The van der Waals surface area contributed by atoms with Crippen LogP contribution in [-0.2, 0) is 4.74 Å². The second-order valence-electron chi connectivity index (χ2n) is 6.97. The van der Waals surface area contributed by atoms with Gasteiger partial charge in [-0.3, -0.25) is 0 Å². The summed E-state index contributed by atoms with van der Waals surface area (Å²) in [6.45, 7) is 6.24. The van der Waals surface area contributed by atoms with E-state index in [2.05, 4.69) is 5.32 Å². The predicted octanol–water partition coefficient (Wildman–Crippen LogP) is 3.07. The number of halogens is 3. The minimum atomic E-state index is -4.19. The fraction of sp³-hybridized carbons (Fsp3) is 0.929. The Morgan fingerprint density at radius 3 is 2.10 bits per heavy atom. The van der Waals surface area contributed by atoms with Gasteiger partial charge in [-0.1, -0.05) is 0 Å². The molecule has 0 atom stereocenters. The maximum atomic E-state index is 12.9. The maximum absolute atomic E-state index is 12.9. The van der Waals surface area contributed by atoms with E-state index in [1.165, 1.54) is 0 Å². The first-order chi connectivity index (χ1) is 9.52. The molecule has 2 fully saturated rings. The highest BCUT2D eigenvalue weighted by Gasteiger charge is 2.63. The topological polar surface area (TPSA) is 41.6 Å². The maximum Gasteiger partial charge on any atom is 0.410 e. The number of hydrogen-bond donors (Lipinski definition) is 1. The van der Waals surface area contributed by atoms with Crippen molar-refractivity contribution in [1.82, 2.24) is 10.2 Å². The van der Waals surface area contributed by atoms with E-state index in [4.69, 9.17) is 4.74 Å². The molecule has 0 radical (unpaired) electrons. The van der Waals surface area contributed by atoms with Crippen LogP contribution in [0, 0.1) is 0 Å².